The summed E-state index contributed by atoms with van der Waals surface area (Å²) in [7, 11) is -3.87. The van der Waals surface area contributed by atoms with Crippen LogP contribution in [-0.4, -0.2) is 13.4 Å². The van der Waals surface area contributed by atoms with Crippen molar-refractivity contribution >= 4 is 43.6 Å². The van der Waals surface area contributed by atoms with E-state index in [4.69, 9.17) is 4.18 Å². The van der Waals surface area contributed by atoms with Crippen molar-refractivity contribution in [3.05, 3.63) is 65.0 Å². The second-order valence-corrected chi connectivity index (χ2v) is 9.34. The lowest BCUT2D eigenvalue weighted by atomic mass is 10.1. The molecule has 0 fully saturated rings. The number of fused-ring (bicyclic) bond motifs is 1. The van der Waals surface area contributed by atoms with E-state index in [1.807, 2.05) is 42.6 Å². The van der Waals surface area contributed by atoms with E-state index in [0.717, 1.165) is 37.7 Å². The number of hydrogen-bond acceptors (Lipinski definition) is 6. The molecule has 0 aliphatic rings. The van der Waals surface area contributed by atoms with Crippen molar-refractivity contribution < 1.29 is 12.6 Å². The minimum Gasteiger partial charge on any atom is -0.378 e. The van der Waals surface area contributed by atoms with Crippen LogP contribution in [0.4, 0.5) is 0 Å². The molecule has 2 heterocycles. The van der Waals surface area contributed by atoms with E-state index in [1.54, 1.807) is 24.3 Å². The van der Waals surface area contributed by atoms with Gasteiger partial charge in [-0.15, -0.1) is 22.7 Å². The first kappa shape index (κ1) is 16.3. The largest absolute Gasteiger partial charge is 0.378 e. The molecular formula is C18H13NO3S3. The monoisotopic (exact) mass is 387 g/mol. The summed E-state index contributed by atoms with van der Waals surface area (Å²) >= 11 is 2.69. The molecule has 2 aromatic carbocycles. The van der Waals surface area contributed by atoms with Gasteiger partial charge in [-0.25, -0.2) is 4.98 Å². The quantitative estimate of drug-likeness (QED) is 0.457. The fourth-order valence-electron chi connectivity index (χ4n) is 2.46. The van der Waals surface area contributed by atoms with Gasteiger partial charge in [0.05, 0.1) is 15.6 Å². The molecule has 0 saturated heterocycles. The van der Waals surface area contributed by atoms with Crippen molar-refractivity contribution in [3.8, 4) is 16.3 Å². The standard InChI is InChI=1S/C18H13NO3S3/c1-12-19-16(11-23-12)17-8-9-18(24-17)25(20,21)22-15-7-6-13-4-2-3-5-14(13)10-15/h2-11H,1H3. The maximum atomic E-state index is 12.6. The van der Waals surface area contributed by atoms with Crippen molar-refractivity contribution in [1.82, 2.24) is 4.98 Å². The highest BCUT2D eigenvalue weighted by atomic mass is 32.3. The molecule has 0 atom stereocenters. The molecule has 0 bridgehead atoms. The lowest BCUT2D eigenvalue weighted by Crippen LogP contribution is -2.07. The summed E-state index contributed by atoms with van der Waals surface area (Å²) in [5, 5.41) is 4.83. The second-order valence-electron chi connectivity index (χ2n) is 5.42. The molecule has 0 N–H and O–H groups in total. The van der Waals surface area contributed by atoms with E-state index in [9.17, 15) is 8.42 Å². The molecule has 0 unspecified atom stereocenters. The van der Waals surface area contributed by atoms with Gasteiger partial charge >= 0.3 is 10.1 Å². The van der Waals surface area contributed by atoms with Gasteiger partial charge in [0.25, 0.3) is 0 Å². The maximum absolute atomic E-state index is 12.6. The van der Waals surface area contributed by atoms with E-state index < -0.39 is 10.1 Å². The average molecular weight is 388 g/mol. The van der Waals surface area contributed by atoms with Gasteiger partial charge in [-0.1, -0.05) is 30.3 Å². The summed E-state index contributed by atoms with van der Waals surface area (Å²) in [4.78, 5) is 5.20. The predicted molar refractivity (Wildman–Crippen MR) is 102 cm³/mol. The third-order valence-corrected chi connectivity index (χ3v) is 7.21. The molecule has 0 aliphatic carbocycles. The second kappa shape index (κ2) is 6.25. The SMILES string of the molecule is Cc1nc(-c2ccc(S(=O)(=O)Oc3ccc4ccccc4c3)s2)cs1. The van der Waals surface area contributed by atoms with Crippen LogP contribution in [0.5, 0.6) is 5.75 Å². The Labute approximate surface area is 153 Å². The fourth-order valence-corrected chi connectivity index (χ4v) is 5.29. The molecule has 0 saturated carbocycles. The third kappa shape index (κ3) is 3.30. The van der Waals surface area contributed by atoms with E-state index in [-0.39, 0.29) is 4.21 Å². The Morgan fingerprint density at radius 1 is 1.00 bits per heavy atom. The van der Waals surface area contributed by atoms with Crippen LogP contribution in [-0.2, 0) is 10.1 Å². The summed E-state index contributed by atoms with van der Waals surface area (Å²) < 4.78 is 30.6. The van der Waals surface area contributed by atoms with Crippen LogP contribution >= 0.6 is 22.7 Å². The Hall–Kier alpha value is -2.22. The van der Waals surface area contributed by atoms with Gasteiger partial charge in [-0.3, -0.25) is 0 Å². The molecule has 0 amide bonds. The number of thiazole rings is 1. The number of aromatic nitrogens is 1. The fraction of sp³-hybridized carbons (Fsp3) is 0.0556. The molecule has 4 rings (SSSR count). The highest BCUT2D eigenvalue weighted by Crippen LogP contribution is 2.33. The first-order chi connectivity index (χ1) is 12.0. The summed E-state index contributed by atoms with van der Waals surface area (Å²) in [6.45, 7) is 1.92. The predicted octanol–water partition coefficient (Wildman–Crippen LogP) is 5.10. The number of rotatable bonds is 4. The molecule has 4 aromatic rings. The summed E-state index contributed by atoms with van der Waals surface area (Å²) in [5.41, 5.74) is 0.791. The molecule has 7 heteroatoms. The Kier molecular flexibility index (Phi) is 4.07. The van der Waals surface area contributed by atoms with Crippen molar-refractivity contribution in [2.24, 2.45) is 0 Å². The normalized spacial score (nSPS) is 11.7. The van der Waals surface area contributed by atoms with Gasteiger partial charge in [-0.2, -0.15) is 8.42 Å². The van der Waals surface area contributed by atoms with Gasteiger partial charge in [0, 0.05) is 5.38 Å². The molecule has 0 spiro atoms. The number of benzene rings is 2. The van der Waals surface area contributed by atoms with E-state index in [1.165, 1.54) is 11.3 Å². The van der Waals surface area contributed by atoms with Gasteiger partial charge in [-0.05, 0) is 42.0 Å². The number of hydrogen-bond donors (Lipinski definition) is 0. The number of nitrogens with zero attached hydrogens (tertiary/aromatic N) is 1. The maximum Gasteiger partial charge on any atom is 0.348 e. The third-order valence-electron chi connectivity index (χ3n) is 3.63. The Balaban J connectivity index is 1.63. The lowest BCUT2D eigenvalue weighted by molar-refractivity contribution is 0.488. The zero-order valence-corrected chi connectivity index (χ0v) is 15.6. The van der Waals surface area contributed by atoms with Gasteiger partial charge in [0.15, 0.2) is 4.21 Å². The van der Waals surface area contributed by atoms with Crippen molar-refractivity contribution in [1.29, 1.82) is 0 Å². The van der Waals surface area contributed by atoms with Gasteiger partial charge < -0.3 is 4.18 Å². The van der Waals surface area contributed by atoms with E-state index in [2.05, 4.69) is 4.98 Å². The molecule has 2 aromatic heterocycles. The number of aryl methyl sites for hydroxylation is 1. The first-order valence-corrected chi connectivity index (χ1v) is 10.6. The first-order valence-electron chi connectivity index (χ1n) is 7.47. The molecule has 25 heavy (non-hydrogen) atoms. The van der Waals surface area contributed by atoms with Crippen LogP contribution < -0.4 is 4.18 Å². The highest BCUT2D eigenvalue weighted by molar-refractivity contribution is 7.89. The number of thiophene rings is 1. The Bertz CT molecular complexity index is 1160. The van der Waals surface area contributed by atoms with Crippen molar-refractivity contribution in [2.45, 2.75) is 11.1 Å². The van der Waals surface area contributed by atoms with Crippen LogP contribution in [0.25, 0.3) is 21.3 Å². The summed E-state index contributed by atoms with van der Waals surface area (Å²) in [6, 6.07) is 16.3. The van der Waals surface area contributed by atoms with Gasteiger partial charge in [0.1, 0.15) is 5.75 Å². The molecule has 126 valence electrons. The van der Waals surface area contributed by atoms with Crippen molar-refractivity contribution in [2.75, 3.05) is 0 Å². The zero-order valence-electron chi connectivity index (χ0n) is 13.2. The summed E-state index contributed by atoms with van der Waals surface area (Å²) in [5.74, 6) is 0.304. The topological polar surface area (TPSA) is 56.3 Å². The highest BCUT2D eigenvalue weighted by Gasteiger charge is 2.20. The molecule has 0 radical (unpaired) electrons. The van der Waals surface area contributed by atoms with E-state index >= 15 is 0 Å². The van der Waals surface area contributed by atoms with Crippen LogP contribution in [0.3, 0.4) is 0 Å². The van der Waals surface area contributed by atoms with Crippen LogP contribution in [0.15, 0.2) is 64.2 Å². The van der Waals surface area contributed by atoms with Crippen LogP contribution in [0, 0.1) is 6.92 Å². The molecule has 4 nitrogen and oxygen atoms in total. The smallest absolute Gasteiger partial charge is 0.348 e. The average Bonchev–Trinajstić information content (AvgIpc) is 3.23. The van der Waals surface area contributed by atoms with Gasteiger partial charge in [0.2, 0.25) is 0 Å². The Morgan fingerprint density at radius 2 is 1.80 bits per heavy atom. The minimum atomic E-state index is -3.87. The Morgan fingerprint density at radius 3 is 2.56 bits per heavy atom. The van der Waals surface area contributed by atoms with Crippen LogP contribution in [0.1, 0.15) is 5.01 Å². The molecule has 0 aliphatic heterocycles. The lowest BCUT2D eigenvalue weighted by Gasteiger charge is -2.06. The zero-order chi connectivity index (χ0) is 17.4. The van der Waals surface area contributed by atoms with Crippen molar-refractivity contribution in [3.63, 3.8) is 0 Å². The molecular weight excluding hydrogens is 374 g/mol. The summed E-state index contributed by atoms with van der Waals surface area (Å²) in [6.07, 6.45) is 0. The van der Waals surface area contributed by atoms with E-state index in [0.29, 0.717) is 5.75 Å². The minimum absolute atomic E-state index is 0.168. The van der Waals surface area contributed by atoms with Crippen LogP contribution in [0.2, 0.25) is 0 Å².